The van der Waals surface area contributed by atoms with Gasteiger partial charge in [-0.2, -0.15) is 0 Å². The Kier molecular flexibility index (Phi) is 6.26. The van der Waals surface area contributed by atoms with Crippen LogP contribution in [0, 0.1) is 5.92 Å². The Morgan fingerprint density at radius 1 is 1.36 bits per heavy atom. The molecule has 1 aromatic rings. The first-order valence-corrected chi connectivity index (χ1v) is 8.56. The maximum atomic E-state index is 12.0. The fourth-order valence-corrected chi connectivity index (χ4v) is 3.20. The van der Waals surface area contributed by atoms with Crippen molar-refractivity contribution in [3.05, 3.63) is 33.3 Å². The third-order valence-corrected chi connectivity index (χ3v) is 4.76. The maximum absolute atomic E-state index is 12.0. The molecule has 6 heteroatoms. The van der Waals surface area contributed by atoms with Crippen LogP contribution < -0.4 is 5.32 Å². The molecule has 1 fully saturated rings. The van der Waals surface area contributed by atoms with Crippen molar-refractivity contribution < 1.29 is 14.3 Å². The van der Waals surface area contributed by atoms with Gasteiger partial charge in [-0.15, -0.1) is 0 Å². The van der Waals surface area contributed by atoms with E-state index in [0.717, 1.165) is 23.7 Å². The highest BCUT2D eigenvalue weighted by atomic mass is 79.9. The van der Waals surface area contributed by atoms with Crippen LogP contribution in [0.4, 0.5) is 0 Å². The third kappa shape index (κ3) is 4.71. The first-order chi connectivity index (χ1) is 10.5. The van der Waals surface area contributed by atoms with Gasteiger partial charge < -0.3 is 10.1 Å². The van der Waals surface area contributed by atoms with Crippen LogP contribution in [0.2, 0.25) is 5.02 Å². The molecule has 1 amide bonds. The lowest BCUT2D eigenvalue weighted by atomic mass is 9.86. The van der Waals surface area contributed by atoms with Crippen molar-refractivity contribution in [2.75, 3.05) is 6.61 Å². The molecule has 1 aromatic carbocycles. The van der Waals surface area contributed by atoms with Crippen molar-refractivity contribution in [2.24, 2.45) is 5.92 Å². The monoisotopic (exact) mass is 387 g/mol. The van der Waals surface area contributed by atoms with Gasteiger partial charge in [-0.05, 0) is 37.0 Å². The molecule has 1 aliphatic carbocycles. The first-order valence-electron chi connectivity index (χ1n) is 7.39. The molecule has 0 radical (unpaired) electrons. The lowest BCUT2D eigenvalue weighted by molar-refractivity contribution is -0.125. The van der Waals surface area contributed by atoms with Gasteiger partial charge in [0.05, 0.1) is 10.6 Å². The Hall–Kier alpha value is -1.07. The van der Waals surface area contributed by atoms with E-state index in [1.807, 2.05) is 0 Å². The normalized spacial score (nSPS) is 21.2. The Bertz CT molecular complexity index is 564. The molecule has 2 atom stereocenters. The standard InChI is InChI=1S/C16H19BrClNO3/c1-10-4-2-3-5-14(10)19-15(20)9-22-16(21)12-8-11(17)6-7-13(12)18/h6-8,10,14H,2-5,9H2,1H3,(H,19,20)/t10-,14+/m1/s1. The van der Waals surface area contributed by atoms with Gasteiger partial charge in [-0.1, -0.05) is 47.3 Å². The zero-order valence-corrected chi connectivity index (χ0v) is 14.7. The number of nitrogens with one attached hydrogen (secondary N) is 1. The number of carbonyl (C=O) groups is 2. The van der Waals surface area contributed by atoms with Gasteiger partial charge in [-0.25, -0.2) is 4.79 Å². The smallest absolute Gasteiger partial charge is 0.340 e. The Morgan fingerprint density at radius 3 is 2.82 bits per heavy atom. The molecule has 0 bridgehead atoms. The first kappa shape index (κ1) is 17.3. The summed E-state index contributed by atoms with van der Waals surface area (Å²) in [5.41, 5.74) is 0.245. The van der Waals surface area contributed by atoms with Crippen molar-refractivity contribution in [1.29, 1.82) is 0 Å². The van der Waals surface area contributed by atoms with Gasteiger partial charge in [0.15, 0.2) is 6.61 Å². The number of hydrogen-bond acceptors (Lipinski definition) is 3. The van der Waals surface area contributed by atoms with E-state index in [2.05, 4.69) is 28.2 Å². The van der Waals surface area contributed by atoms with Crippen LogP contribution in [0.5, 0.6) is 0 Å². The molecule has 0 saturated heterocycles. The molecule has 4 nitrogen and oxygen atoms in total. The third-order valence-electron chi connectivity index (χ3n) is 3.94. The predicted octanol–water partition coefficient (Wildman–Crippen LogP) is 3.95. The number of carbonyl (C=O) groups excluding carboxylic acids is 2. The average molecular weight is 389 g/mol. The molecule has 2 rings (SSSR count). The van der Waals surface area contributed by atoms with Crippen molar-refractivity contribution in [2.45, 2.75) is 38.6 Å². The molecule has 0 aromatic heterocycles. The van der Waals surface area contributed by atoms with Crippen LogP contribution >= 0.6 is 27.5 Å². The minimum Gasteiger partial charge on any atom is -0.452 e. The van der Waals surface area contributed by atoms with Gasteiger partial charge in [0, 0.05) is 10.5 Å². The molecule has 0 unspecified atom stereocenters. The van der Waals surface area contributed by atoms with Crippen LogP contribution in [-0.2, 0) is 9.53 Å². The van der Waals surface area contributed by atoms with E-state index in [1.54, 1.807) is 18.2 Å². The van der Waals surface area contributed by atoms with Crippen LogP contribution in [-0.4, -0.2) is 24.5 Å². The van der Waals surface area contributed by atoms with Crippen molar-refractivity contribution >= 4 is 39.4 Å². The number of benzene rings is 1. The molecule has 0 aliphatic heterocycles. The largest absolute Gasteiger partial charge is 0.452 e. The van der Waals surface area contributed by atoms with E-state index in [1.165, 1.54) is 6.42 Å². The predicted molar refractivity (Wildman–Crippen MR) is 89.0 cm³/mol. The van der Waals surface area contributed by atoms with Crippen LogP contribution in [0.1, 0.15) is 43.0 Å². The van der Waals surface area contributed by atoms with Crippen LogP contribution in [0.3, 0.4) is 0 Å². The summed E-state index contributed by atoms with van der Waals surface area (Å²) in [6, 6.07) is 5.09. The fourth-order valence-electron chi connectivity index (χ4n) is 2.64. The number of esters is 1. The Morgan fingerprint density at radius 2 is 2.09 bits per heavy atom. The minimum atomic E-state index is -0.599. The molecule has 1 saturated carbocycles. The summed E-state index contributed by atoms with van der Waals surface area (Å²) in [6.45, 7) is 1.85. The lowest BCUT2D eigenvalue weighted by Crippen LogP contribution is -2.42. The molecule has 1 aliphatic rings. The number of ether oxygens (including phenoxy) is 1. The lowest BCUT2D eigenvalue weighted by Gasteiger charge is -2.29. The van der Waals surface area contributed by atoms with Gasteiger partial charge in [0.25, 0.3) is 5.91 Å². The van der Waals surface area contributed by atoms with E-state index in [9.17, 15) is 9.59 Å². The molecule has 22 heavy (non-hydrogen) atoms. The van der Waals surface area contributed by atoms with E-state index in [0.29, 0.717) is 10.9 Å². The molecule has 0 heterocycles. The summed E-state index contributed by atoms with van der Waals surface area (Å²) in [6.07, 6.45) is 4.45. The highest BCUT2D eigenvalue weighted by Crippen LogP contribution is 2.24. The number of amides is 1. The quantitative estimate of drug-likeness (QED) is 0.795. The molecule has 0 spiro atoms. The molecular formula is C16H19BrClNO3. The molecular weight excluding hydrogens is 370 g/mol. The number of rotatable bonds is 4. The Balaban J connectivity index is 1.85. The fraction of sp³-hybridized carbons (Fsp3) is 0.500. The SMILES string of the molecule is C[C@@H]1CCCC[C@@H]1NC(=O)COC(=O)c1cc(Br)ccc1Cl. The van der Waals surface area contributed by atoms with Gasteiger partial charge >= 0.3 is 5.97 Å². The summed E-state index contributed by atoms with van der Waals surface area (Å²) in [5.74, 6) is -0.399. The highest BCUT2D eigenvalue weighted by Gasteiger charge is 2.23. The van der Waals surface area contributed by atoms with E-state index < -0.39 is 5.97 Å². The van der Waals surface area contributed by atoms with Gasteiger partial charge in [-0.3, -0.25) is 4.79 Å². The maximum Gasteiger partial charge on any atom is 0.340 e. The minimum absolute atomic E-state index is 0.175. The second kappa shape index (κ2) is 7.97. The van der Waals surface area contributed by atoms with E-state index in [-0.39, 0.29) is 24.1 Å². The summed E-state index contributed by atoms with van der Waals surface area (Å²) in [7, 11) is 0. The number of halogens is 2. The summed E-state index contributed by atoms with van der Waals surface area (Å²) < 4.78 is 5.77. The summed E-state index contributed by atoms with van der Waals surface area (Å²) in [4.78, 5) is 23.9. The average Bonchev–Trinajstić information content (AvgIpc) is 2.49. The second-order valence-corrected chi connectivity index (χ2v) is 6.96. The zero-order chi connectivity index (χ0) is 16.1. The van der Waals surface area contributed by atoms with E-state index >= 15 is 0 Å². The van der Waals surface area contributed by atoms with Crippen LogP contribution in [0.25, 0.3) is 0 Å². The van der Waals surface area contributed by atoms with Crippen molar-refractivity contribution in [1.82, 2.24) is 5.32 Å². The highest BCUT2D eigenvalue weighted by molar-refractivity contribution is 9.10. The van der Waals surface area contributed by atoms with Gasteiger partial charge in [0.2, 0.25) is 0 Å². The molecule has 1 N–H and O–H groups in total. The Labute approximate surface area is 143 Å². The van der Waals surface area contributed by atoms with Crippen LogP contribution in [0.15, 0.2) is 22.7 Å². The topological polar surface area (TPSA) is 55.4 Å². The molecule has 120 valence electrons. The van der Waals surface area contributed by atoms with Crippen molar-refractivity contribution in [3.8, 4) is 0 Å². The summed E-state index contributed by atoms with van der Waals surface area (Å²) in [5, 5.41) is 3.24. The van der Waals surface area contributed by atoms with Crippen molar-refractivity contribution in [3.63, 3.8) is 0 Å². The zero-order valence-electron chi connectivity index (χ0n) is 12.4. The van der Waals surface area contributed by atoms with Gasteiger partial charge in [0.1, 0.15) is 0 Å². The second-order valence-electron chi connectivity index (χ2n) is 5.64. The summed E-state index contributed by atoms with van der Waals surface area (Å²) >= 11 is 9.23. The van der Waals surface area contributed by atoms with E-state index in [4.69, 9.17) is 16.3 Å². The number of hydrogen-bond donors (Lipinski definition) is 1.